The molecule has 1 aromatic rings. The molecule has 0 aromatic heterocycles. The molecule has 0 saturated carbocycles. The minimum Gasteiger partial charge on any atom is -0.539 e. The third kappa shape index (κ3) is 8.90. The van der Waals surface area contributed by atoms with Gasteiger partial charge in [-0.15, -0.1) is 11.6 Å². The fourth-order valence-electron chi connectivity index (χ4n) is 1.42. The summed E-state index contributed by atoms with van der Waals surface area (Å²) in [5.41, 5.74) is 1.36. The first-order valence-electron chi connectivity index (χ1n) is 5.93. The number of rotatable bonds is 5. The second kappa shape index (κ2) is 10.7. The van der Waals surface area contributed by atoms with Crippen LogP contribution in [0.5, 0.6) is 0 Å². The second-order valence-electron chi connectivity index (χ2n) is 4.11. The topological polar surface area (TPSA) is 81.9 Å². The molecular weight excluding hydrogens is 350 g/mol. The van der Waals surface area contributed by atoms with Crippen molar-refractivity contribution >= 4 is 39.5 Å². The number of carboxylic acid groups (broad SMARTS) is 2. The van der Waals surface area contributed by atoms with E-state index in [1.807, 2.05) is 6.07 Å². The van der Waals surface area contributed by atoms with Crippen LogP contribution in [-0.4, -0.2) is 36.5 Å². The minimum atomic E-state index is -2.07. The van der Waals surface area contributed by atoms with E-state index in [1.165, 1.54) is 14.9 Å². The Labute approximate surface area is 131 Å². The van der Waals surface area contributed by atoms with E-state index in [4.69, 9.17) is 31.4 Å². The lowest BCUT2D eigenvalue weighted by Crippen LogP contribution is -3.07. The molecule has 0 heterocycles. The van der Waals surface area contributed by atoms with Gasteiger partial charge < -0.3 is 19.9 Å². The van der Waals surface area contributed by atoms with Crippen molar-refractivity contribution in [3.8, 4) is 0 Å². The summed E-state index contributed by atoms with van der Waals surface area (Å²) in [5.74, 6) is -3.25. The van der Waals surface area contributed by atoms with E-state index in [2.05, 4.69) is 41.2 Å². The Balaban J connectivity index is 0.000000511. The summed E-state index contributed by atoms with van der Waals surface area (Å²) in [5, 5.41) is 16.3. The fraction of sp³-hybridized carbons (Fsp3) is 0.385. The first kappa shape index (κ1) is 18.9. The lowest BCUT2D eigenvalue weighted by Gasteiger charge is -2.14. The van der Waals surface area contributed by atoms with E-state index in [0.717, 1.165) is 25.4 Å². The molecule has 20 heavy (non-hydrogen) atoms. The molecule has 0 amide bonds. The molecule has 1 unspecified atom stereocenters. The molecule has 0 saturated heterocycles. The Bertz CT molecular complexity index is 430. The number of carboxylic acids is 2. The van der Waals surface area contributed by atoms with E-state index in [0.29, 0.717) is 0 Å². The van der Waals surface area contributed by atoms with E-state index in [-0.39, 0.29) is 0 Å². The zero-order valence-electron chi connectivity index (χ0n) is 11.1. The molecular formula is C13H17BrClNO4. The van der Waals surface area contributed by atoms with Gasteiger partial charge in [0, 0.05) is 22.3 Å². The van der Waals surface area contributed by atoms with Gasteiger partial charge in [-0.25, -0.2) is 4.79 Å². The highest BCUT2D eigenvalue weighted by molar-refractivity contribution is 9.10. The number of nitrogens with one attached hydrogen (secondary N) is 1. The van der Waals surface area contributed by atoms with Gasteiger partial charge >= 0.3 is 5.97 Å². The number of quaternary nitrogens is 1. The Kier molecular flexibility index (Phi) is 10.1. The van der Waals surface area contributed by atoms with Crippen molar-refractivity contribution in [3.05, 3.63) is 34.3 Å². The van der Waals surface area contributed by atoms with Crippen molar-refractivity contribution in [3.63, 3.8) is 0 Å². The van der Waals surface area contributed by atoms with Gasteiger partial charge in [-0.2, -0.15) is 0 Å². The average molecular weight is 367 g/mol. The number of carbonyl (C=O) groups excluding carboxylic acids is 1. The van der Waals surface area contributed by atoms with Crippen LogP contribution in [0.2, 0.25) is 0 Å². The van der Waals surface area contributed by atoms with E-state index in [9.17, 15) is 0 Å². The molecule has 5 nitrogen and oxygen atoms in total. The lowest BCUT2D eigenvalue weighted by atomic mass is 10.2. The summed E-state index contributed by atoms with van der Waals surface area (Å²) in [6, 6.07) is 8.37. The zero-order valence-corrected chi connectivity index (χ0v) is 13.4. The van der Waals surface area contributed by atoms with Gasteiger partial charge in [0.1, 0.15) is 6.54 Å². The first-order valence-corrected chi connectivity index (χ1v) is 7.26. The molecule has 0 aliphatic carbocycles. The Morgan fingerprint density at radius 2 is 1.95 bits per heavy atom. The molecule has 0 aliphatic heterocycles. The standard InChI is InChI=1S/C11H15BrClN.C2H2O4/c1-14(8-4-7-13)9-10-5-2-3-6-11(10)12;3-1(4)2(5)6/h2-3,5-6H,4,7-9H2,1H3;(H,3,4)(H,5,6). The molecule has 1 rings (SSSR count). The summed E-state index contributed by atoms with van der Waals surface area (Å²) < 4.78 is 1.20. The van der Waals surface area contributed by atoms with Crippen LogP contribution in [-0.2, 0) is 16.1 Å². The molecule has 0 radical (unpaired) electrons. The smallest absolute Gasteiger partial charge is 0.351 e. The van der Waals surface area contributed by atoms with Gasteiger partial charge in [0.15, 0.2) is 5.97 Å². The Morgan fingerprint density at radius 3 is 2.40 bits per heavy atom. The van der Waals surface area contributed by atoms with Crippen molar-refractivity contribution < 1.29 is 24.7 Å². The van der Waals surface area contributed by atoms with Gasteiger partial charge in [-0.3, -0.25) is 0 Å². The Hall–Kier alpha value is -1.11. The monoisotopic (exact) mass is 365 g/mol. The van der Waals surface area contributed by atoms with Gasteiger partial charge in [-0.1, -0.05) is 34.1 Å². The number of hydrogen-bond donors (Lipinski definition) is 2. The van der Waals surface area contributed by atoms with Crippen molar-refractivity contribution in [1.29, 1.82) is 0 Å². The highest BCUT2D eigenvalue weighted by Crippen LogP contribution is 2.14. The maximum atomic E-state index is 9.04. The average Bonchev–Trinajstić information content (AvgIpc) is 2.39. The summed E-state index contributed by atoms with van der Waals surface area (Å²) >= 11 is 9.21. The van der Waals surface area contributed by atoms with Gasteiger partial charge in [0.25, 0.3) is 0 Å². The number of alkyl halides is 1. The summed E-state index contributed by atoms with van der Waals surface area (Å²) in [7, 11) is 2.20. The maximum Gasteiger partial charge on any atom is 0.351 e. The molecule has 112 valence electrons. The highest BCUT2D eigenvalue weighted by atomic mass is 79.9. The number of carbonyl (C=O) groups is 2. The van der Waals surface area contributed by atoms with Crippen LogP contribution < -0.4 is 10.0 Å². The summed E-state index contributed by atoms with van der Waals surface area (Å²) in [6.45, 7) is 2.18. The van der Waals surface area contributed by atoms with Crippen LogP contribution in [0.4, 0.5) is 0 Å². The molecule has 0 bridgehead atoms. The van der Waals surface area contributed by atoms with Crippen molar-refractivity contribution in [2.75, 3.05) is 19.5 Å². The van der Waals surface area contributed by atoms with E-state index in [1.54, 1.807) is 0 Å². The third-order valence-corrected chi connectivity index (χ3v) is 3.40. The van der Waals surface area contributed by atoms with E-state index < -0.39 is 11.9 Å². The fourth-order valence-corrected chi connectivity index (χ4v) is 1.98. The molecule has 2 N–H and O–H groups in total. The second-order valence-corrected chi connectivity index (χ2v) is 5.34. The molecule has 1 aromatic carbocycles. The minimum absolute atomic E-state index is 0.757. The van der Waals surface area contributed by atoms with E-state index >= 15 is 0 Å². The molecule has 0 fully saturated rings. The normalized spacial score (nSPS) is 11.2. The van der Waals surface area contributed by atoms with Crippen molar-refractivity contribution in [2.45, 2.75) is 13.0 Å². The number of benzene rings is 1. The van der Waals surface area contributed by atoms with Gasteiger partial charge in [0.2, 0.25) is 0 Å². The third-order valence-electron chi connectivity index (χ3n) is 2.36. The zero-order chi connectivity index (χ0) is 15.5. The summed E-state index contributed by atoms with van der Waals surface area (Å²) in [6.07, 6.45) is 1.08. The quantitative estimate of drug-likeness (QED) is 0.564. The molecule has 1 atom stereocenters. The molecule has 0 aliphatic rings. The maximum absolute atomic E-state index is 9.04. The first-order chi connectivity index (χ1) is 9.38. The molecule has 7 heteroatoms. The van der Waals surface area contributed by atoms with Crippen LogP contribution in [0, 0.1) is 0 Å². The lowest BCUT2D eigenvalue weighted by molar-refractivity contribution is -0.893. The van der Waals surface area contributed by atoms with Crippen LogP contribution in [0.25, 0.3) is 0 Å². The number of hydrogen-bond acceptors (Lipinski definition) is 3. The van der Waals surface area contributed by atoms with Crippen LogP contribution in [0.1, 0.15) is 12.0 Å². The largest absolute Gasteiger partial charge is 0.539 e. The van der Waals surface area contributed by atoms with Crippen LogP contribution in [0.15, 0.2) is 28.7 Å². The summed E-state index contributed by atoms with van der Waals surface area (Å²) in [4.78, 5) is 19.5. The number of halogens is 2. The van der Waals surface area contributed by atoms with Crippen LogP contribution in [0.3, 0.4) is 0 Å². The molecule has 0 spiro atoms. The predicted octanol–water partition coefficient (Wildman–Crippen LogP) is -0.0864. The van der Waals surface area contributed by atoms with Gasteiger partial charge in [-0.05, 0) is 6.07 Å². The SMILES string of the molecule is C[NH+](CCCCl)Cc1ccccc1Br.O=C([O-])C(=O)O. The van der Waals surface area contributed by atoms with Crippen molar-refractivity contribution in [2.24, 2.45) is 0 Å². The van der Waals surface area contributed by atoms with Gasteiger partial charge in [0.05, 0.1) is 13.6 Å². The predicted molar refractivity (Wildman–Crippen MR) is 77.6 cm³/mol. The number of aliphatic carboxylic acids is 2. The highest BCUT2D eigenvalue weighted by Gasteiger charge is 2.05. The Morgan fingerprint density at radius 1 is 1.40 bits per heavy atom. The van der Waals surface area contributed by atoms with Crippen molar-refractivity contribution in [1.82, 2.24) is 0 Å². The van der Waals surface area contributed by atoms with Crippen LogP contribution >= 0.6 is 27.5 Å².